The Labute approximate surface area is 96.4 Å². The first kappa shape index (κ1) is 11.0. The van der Waals surface area contributed by atoms with Crippen molar-refractivity contribution in [3.05, 3.63) is 34.9 Å². The molecule has 0 saturated carbocycles. The quantitative estimate of drug-likeness (QED) is 0.896. The molecule has 0 spiro atoms. The van der Waals surface area contributed by atoms with Crippen molar-refractivity contribution < 1.29 is 8.91 Å². The first-order chi connectivity index (χ1) is 7.72. The summed E-state index contributed by atoms with van der Waals surface area (Å²) in [5, 5.41) is 6.81. The fourth-order valence-electron chi connectivity index (χ4n) is 1.29. The predicted molar refractivity (Wildman–Crippen MR) is 57.5 cm³/mol. The number of benzene rings is 1. The van der Waals surface area contributed by atoms with E-state index in [2.05, 4.69) is 15.5 Å². The zero-order valence-electron chi connectivity index (χ0n) is 8.50. The van der Waals surface area contributed by atoms with Crippen molar-refractivity contribution in [2.75, 3.05) is 7.05 Å². The van der Waals surface area contributed by atoms with Gasteiger partial charge in [0, 0.05) is 0 Å². The number of nitrogens with zero attached hydrogens (tertiary/aromatic N) is 2. The second-order valence-electron chi connectivity index (χ2n) is 3.14. The summed E-state index contributed by atoms with van der Waals surface area (Å²) in [5.41, 5.74) is 0.138. The van der Waals surface area contributed by atoms with Gasteiger partial charge in [-0.1, -0.05) is 22.8 Å². The minimum Gasteiger partial charge on any atom is -0.334 e. The number of nitrogens with one attached hydrogen (secondary N) is 1. The average Bonchev–Trinajstić information content (AvgIpc) is 2.67. The van der Waals surface area contributed by atoms with E-state index < -0.39 is 5.82 Å². The number of hydrogen-bond acceptors (Lipinski definition) is 4. The first-order valence-electron chi connectivity index (χ1n) is 4.64. The highest BCUT2D eigenvalue weighted by atomic mass is 35.5. The second-order valence-corrected chi connectivity index (χ2v) is 3.55. The van der Waals surface area contributed by atoms with Gasteiger partial charge in [0.15, 0.2) is 5.82 Å². The van der Waals surface area contributed by atoms with E-state index in [1.54, 1.807) is 13.1 Å². The molecule has 2 rings (SSSR count). The molecule has 0 bridgehead atoms. The van der Waals surface area contributed by atoms with Crippen LogP contribution in [0.4, 0.5) is 4.39 Å². The molecule has 6 heteroatoms. The molecule has 16 heavy (non-hydrogen) atoms. The molecule has 0 saturated heterocycles. The molecular weight excluding hydrogens is 233 g/mol. The molecule has 84 valence electrons. The van der Waals surface area contributed by atoms with Gasteiger partial charge in [0.05, 0.1) is 17.1 Å². The Kier molecular flexibility index (Phi) is 3.17. The van der Waals surface area contributed by atoms with E-state index in [0.717, 1.165) is 0 Å². The van der Waals surface area contributed by atoms with E-state index in [1.165, 1.54) is 12.1 Å². The van der Waals surface area contributed by atoms with Crippen LogP contribution in [-0.2, 0) is 6.54 Å². The summed E-state index contributed by atoms with van der Waals surface area (Å²) in [5.74, 6) is 0.0670. The number of hydrogen-bond donors (Lipinski definition) is 1. The van der Waals surface area contributed by atoms with Crippen LogP contribution in [-0.4, -0.2) is 17.2 Å². The highest BCUT2D eigenvalue weighted by molar-refractivity contribution is 6.33. The van der Waals surface area contributed by atoms with E-state index >= 15 is 0 Å². The molecule has 4 nitrogen and oxygen atoms in total. The molecule has 0 atom stereocenters. The summed E-state index contributed by atoms with van der Waals surface area (Å²) < 4.78 is 18.4. The molecule has 1 heterocycles. The van der Waals surface area contributed by atoms with Crippen LogP contribution in [0.2, 0.25) is 5.02 Å². The summed E-state index contributed by atoms with van der Waals surface area (Å²) in [6, 6.07) is 4.39. The van der Waals surface area contributed by atoms with Crippen molar-refractivity contribution in [2.45, 2.75) is 6.54 Å². The van der Waals surface area contributed by atoms with Gasteiger partial charge < -0.3 is 9.84 Å². The van der Waals surface area contributed by atoms with Crippen molar-refractivity contribution in [3.63, 3.8) is 0 Å². The van der Waals surface area contributed by atoms with Gasteiger partial charge in [-0.3, -0.25) is 0 Å². The van der Waals surface area contributed by atoms with Crippen LogP contribution in [0.1, 0.15) is 5.82 Å². The normalized spacial score (nSPS) is 10.7. The largest absolute Gasteiger partial charge is 0.334 e. The van der Waals surface area contributed by atoms with Gasteiger partial charge in [0.1, 0.15) is 5.82 Å². The lowest BCUT2D eigenvalue weighted by Crippen LogP contribution is -2.06. The minimum atomic E-state index is -0.479. The van der Waals surface area contributed by atoms with Gasteiger partial charge in [0.2, 0.25) is 0 Å². The SMILES string of the molecule is CNCc1noc(-c2c(F)cccc2Cl)n1. The van der Waals surface area contributed by atoms with Gasteiger partial charge >= 0.3 is 0 Å². The van der Waals surface area contributed by atoms with Gasteiger partial charge in [-0.15, -0.1) is 0 Å². The maximum absolute atomic E-state index is 13.5. The Hall–Kier alpha value is -1.46. The fourth-order valence-corrected chi connectivity index (χ4v) is 1.53. The lowest BCUT2D eigenvalue weighted by molar-refractivity contribution is 0.418. The smallest absolute Gasteiger partial charge is 0.262 e. The van der Waals surface area contributed by atoms with Crippen LogP contribution >= 0.6 is 11.6 Å². The van der Waals surface area contributed by atoms with E-state index in [9.17, 15) is 4.39 Å². The van der Waals surface area contributed by atoms with Gasteiger partial charge in [-0.2, -0.15) is 4.98 Å². The third-order valence-electron chi connectivity index (χ3n) is 1.98. The Bertz CT molecular complexity index is 480. The second kappa shape index (κ2) is 4.59. The van der Waals surface area contributed by atoms with E-state index in [4.69, 9.17) is 16.1 Å². The molecular formula is C10H9ClFN3O. The lowest BCUT2D eigenvalue weighted by Gasteiger charge is -1.98. The highest BCUT2D eigenvalue weighted by Gasteiger charge is 2.16. The van der Waals surface area contributed by atoms with E-state index in [1.807, 2.05) is 0 Å². The van der Waals surface area contributed by atoms with Crippen LogP contribution in [0.3, 0.4) is 0 Å². The van der Waals surface area contributed by atoms with Crippen LogP contribution in [0.25, 0.3) is 11.5 Å². The highest BCUT2D eigenvalue weighted by Crippen LogP contribution is 2.28. The molecule has 1 aromatic carbocycles. The standard InChI is InChI=1S/C10H9ClFN3O/c1-13-5-8-14-10(16-15-8)9-6(11)3-2-4-7(9)12/h2-4,13H,5H2,1H3. The lowest BCUT2D eigenvalue weighted by atomic mass is 10.2. The predicted octanol–water partition coefficient (Wildman–Crippen LogP) is 2.25. The van der Waals surface area contributed by atoms with Crippen molar-refractivity contribution in [2.24, 2.45) is 0 Å². The zero-order valence-corrected chi connectivity index (χ0v) is 9.25. The Morgan fingerprint density at radius 3 is 3.00 bits per heavy atom. The summed E-state index contributed by atoms with van der Waals surface area (Å²) in [6.07, 6.45) is 0. The van der Waals surface area contributed by atoms with Crippen LogP contribution < -0.4 is 5.32 Å². The summed E-state index contributed by atoms with van der Waals surface area (Å²) in [7, 11) is 1.76. The third kappa shape index (κ3) is 2.05. The average molecular weight is 242 g/mol. The molecule has 2 aromatic rings. The molecule has 0 aliphatic heterocycles. The van der Waals surface area contributed by atoms with Gasteiger partial charge in [-0.25, -0.2) is 4.39 Å². The van der Waals surface area contributed by atoms with Gasteiger partial charge in [0.25, 0.3) is 5.89 Å². The fraction of sp³-hybridized carbons (Fsp3) is 0.200. The number of aromatic nitrogens is 2. The van der Waals surface area contributed by atoms with E-state index in [-0.39, 0.29) is 16.5 Å². The topological polar surface area (TPSA) is 51.0 Å². The minimum absolute atomic E-state index is 0.0911. The molecule has 0 amide bonds. The summed E-state index contributed by atoms with van der Waals surface area (Å²) in [4.78, 5) is 4.03. The molecule has 1 N–H and O–H groups in total. The molecule has 0 fully saturated rings. The van der Waals surface area contributed by atoms with Crippen molar-refractivity contribution in [3.8, 4) is 11.5 Å². The third-order valence-corrected chi connectivity index (χ3v) is 2.29. The van der Waals surface area contributed by atoms with E-state index in [0.29, 0.717) is 12.4 Å². The molecule has 0 unspecified atom stereocenters. The van der Waals surface area contributed by atoms with Crippen LogP contribution in [0.15, 0.2) is 22.7 Å². The maximum Gasteiger partial charge on any atom is 0.262 e. The van der Waals surface area contributed by atoms with Crippen molar-refractivity contribution in [1.29, 1.82) is 0 Å². The molecule has 0 radical (unpaired) electrons. The summed E-state index contributed by atoms with van der Waals surface area (Å²) in [6.45, 7) is 0.454. The summed E-state index contributed by atoms with van der Waals surface area (Å²) >= 11 is 5.87. The number of rotatable bonds is 3. The van der Waals surface area contributed by atoms with Crippen LogP contribution in [0.5, 0.6) is 0 Å². The molecule has 1 aromatic heterocycles. The zero-order chi connectivity index (χ0) is 11.5. The Morgan fingerprint density at radius 1 is 1.50 bits per heavy atom. The Morgan fingerprint density at radius 2 is 2.31 bits per heavy atom. The monoisotopic (exact) mass is 241 g/mol. The molecule has 0 aliphatic carbocycles. The van der Waals surface area contributed by atoms with Crippen LogP contribution in [0, 0.1) is 5.82 Å². The maximum atomic E-state index is 13.5. The van der Waals surface area contributed by atoms with Gasteiger partial charge in [-0.05, 0) is 19.2 Å². The first-order valence-corrected chi connectivity index (χ1v) is 5.01. The Balaban J connectivity index is 2.42. The number of halogens is 2. The molecule has 0 aliphatic rings. The van der Waals surface area contributed by atoms with Crippen molar-refractivity contribution in [1.82, 2.24) is 15.5 Å². The van der Waals surface area contributed by atoms with Crippen molar-refractivity contribution >= 4 is 11.6 Å².